The van der Waals surface area contributed by atoms with Crippen molar-refractivity contribution in [1.29, 1.82) is 0 Å². The molecule has 4 rings (SSSR count). The van der Waals surface area contributed by atoms with Crippen molar-refractivity contribution >= 4 is 41.3 Å². The van der Waals surface area contributed by atoms with Crippen LogP contribution in [0.5, 0.6) is 0 Å². The number of likely N-dealkylation sites (tertiary alicyclic amines) is 1. The van der Waals surface area contributed by atoms with Crippen molar-refractivity contribution in [2.45, 2.75) is 110 Å². The number of alkyl carbamates (subject to hydrolysis) is 1. The zero-order valence-electron chi connectivity index (χ0n) is 32.0. The number of benzene rings is 1. The molecule has 2 saturated heterocycles. The molecule has 1 aromatic rings. The van der Waals surface area contributed by atoms with Gasteiger partial charge in [-0.05, 0) is 77.3 Å². The van der Waals surface area contributed by atoms with Crippen LogP contribution in [-0.2, 0) is 23.9 Å². The number of carbonyl (C=O) groups excluding carboxylic acids is 5. The molecule has 0 aromatic heterocycles. The van der Waals surface area contributed by atoms with Gasteiger partial charge in [-0.3, -0.25) is 9.59 Å². The molecule has 1 aromatic carbocycles. The van der Waals surface area contributed by atoms with Crippen LogP contribution in [0.15, 0.2) is 49.6 Å². The molecule has 1 saturated carbocycles. The molecule has 2 unspecified atom stereocenters. The van der Waals surface area contributed by atoms with Gasteiger partial charge in [-0.2, -0.15) is 0 Å². The van der Waals surface area contributed by atoms with Crippen molar-refractivity contribution in [3.8, 4) is 0 Å². The number of amides is 5. The van der Waals surface area contributed by atoms with Gasteiger partial charge in [0.05, 0.1) is 24.0 Å². The summed E-state index contributed by atoms with van der Waals surface area (Å²) >= 11 is 0. The molecule has 0 spiro atoms. The van der Waals surface area contributed by atoms with Gasteiger partial charge in [-0.25, -0.2) is 14.4 Å². The Labute approximate surface area is 308 Å². The number of rotatable bonds is 12. The van der Waals surface area contributed by atoms with E-state index in [-0.39, 0.29) is 32.0 Å². The lowest BCUT2D eigenvalue weighted by Crippen LogP contribution is -2.59. The van der Waals surface area contributed by atoms with Crippen LogP contribution >= 0.6 is 0 Å². The van der Waals surface area contributed by atoms with Gasteiger partial charge in [0.1, 0.15) is 23.2 Å². The van der Waals surface area contributed by atoms with Crippen molar-refractivity contribution in [2.24, 2.45) is 11.3 Å². The van der Waals surface area contributed by atoms with Crippen molar-refractivity contribution in [3.05, 3.63) is 49.6 Å². The van der Waals surface area contributed by atoms with Crippen LogP contribution in [0.1, 0.15) is 80.6 Å². The van der Waals surface area contributed by atoms with Crippen LogP contribution in [0, 0.1) is 11.3 Å². The Balaban J connectivity index is 1.66. The summed E-state index contributed by atoms with van der Waals surface area (Å²) in [5, 5.41) is 8.73. The number of ether oxygens (including phenoxy) is 2. The minimum Gasteiger partial charge on any atom is -0.464 e. The molecule has 3 fully saturated rings. The Kier molecular flexibility index (Phi) is 12.7. The van der Waals surface area contributed by atoms with Gasteiger partial charge in [0.25, 0.3) is 0 Å². The highest BCUT2D eigenvalue weighted by molar-refractivity contribution is 5.97. The summed E-state index contributed by atoms with van der Waals surface area (Å²) in [5.41, 5.74) is -1.30. The largest absolute Gasteiger partial charge is 0.464 e. The standard InChI is InChI=1S/C39H58N6O7/c1-10-20-44(35(49)40-28-18-14-15-19-29(28)43-21-16-13-17-22-43)27-23-30(32(46)42-39(24-26(39)11-2)34(48)51-12-3)45(25-27)33(47)31(37(4,5)6)41-36(50)52-38(7,8)9/h10-11,14-15,18-19,26-27,30-31H,1-2,12-13,16-17,20-25H2,3-9H3,(H,40,49)(H,41,50)(H,42,46)/t26?,27-,30+,31-,39?/m1/s1. The summed E-state index contributed by atoms with van der Waals surface area (Å²) in [6, 6.07) is 4.49. The van der Waals surface area contributed by atoms with E-state index in [0.717, 1.165) is 31.6 Å². The summed E-state index contributed by atoms with van der Waals surface area (Å²) in [6.07, 6.45) is 6.15. The highest BCUT2D eigenvalue weighted by Crippen LogP contribution is 2.46. The Morgan fingerprint density at radius 3 is 2.29 bits per heavy atom. The van der Waals surface area contributed by atoms with Crippen molar-refractivity contribution in [1.82, 2.24) is 20.4 Å². The molecule has 13 nitrogen and oxygen atoms in total. The average molecular weight is 723 g/mol. The monoisotopic (exact) mass is 722 g/mol. The number of nitrogens with zero attached hydrogens (tertiary/aromatic N) is 3. The predicted octanol–water partition coefficient (Wildman–Crippen LogP) is 5.23. The molecule has 5 atom stereocenters. The summed E-state index contributed by atoms with van der Waals surface area (Å²) in [7, 11) is 0. The second-order valence-electron chi connectivity index (χ2n) is 16.0. The first kappa shape index (κ1) is 40.2. The molecule has 2 heterocycles. The van der Waals surface area contributed by atoms with Crippen LogP contribution in [0.2, 0.25) is 0 Å². The number of piperidine rings is 1. The first-order valence-electron chi connectivity index (χ1n) is 18.4. The lowest BCUT2D eigenvalue weighted by molar-refractivity contribution is -0.150. The van der Waals surface area contributed by atoms with E-state index in [2.05, 4.69) is 34.0 Å². The third-order valence-corrected chi connectivity index (χ3v) is 9.79. The van der Waals surface area contributed by atoms with Crippen LogP contribution in [0.4, 0.5) is 21.0 Å². The van der Waals surface area contributed by atoms with E-state index in [1.54, 1.807) is 65.5 Å². The number of carbonyl (C=O) groups is 5. The second-order valence-corrected chi connectivity index (χ2v) is 16.0. The average Bonchev–Trinajstić information content (AvgIpc) is 3.62. The number of urea groups is 1. The number of hydrogen-bond acceptors (Lipinski definition) is 8. The Bertz CT molecular complexity index is 1510. The molecule has 0 radical (unpaired) electrons. The summed E-state index contributed by atoms with van der Waals surface area (Å²) in [6.45, 7) is 22.0. The molecular formula is C39H58N6O7. The van der Waals surface area contributed by atoms with E-state index in [0.29, 0.717) is 12.1 Å². The van der Waals surface area contributed by atoms with E-state index < -0.39 is 64.6 Å². The topological polar surface area (TPSA) is 150 Å². The zero-order valence-corrected chi connectivity index (χ0v) is 32.0. The molecule has 13 heteroatoms. The third kappa shape index (κ3) is 9.46. The highest BCUT2D eigenvalue weighted by atomic mass is 16.6. The maximum absolute atomic E-state index is 14.6. The molecule has 286 valence electrons. The number of para-hydroxylation sites is 2. The maximum atomic E-state index is 14.6. The van der Waals surface area contributed by atoms with E-state index in [4.69, 9.17) is 9.47 Å². The van der Waals surface area contributed by atoms with E-state index in [9.17, 15) is 24.0 Å². The molecule has 0 bridgehead atoms. The molecule has 52 heavy (non-hydrogen) atoms. The summed E-state index contributed by atoms with van der Waals surface area (Å²) < 4.78 is 10.8. The van der Waals surface area contributed by atoms with Crippen LogP contribution in [0.25, 0.3) is 0 Å². The Hall–Kier alpha value is -4.55. The third-order valence-electron chi connectivity index (χ3n) is 9.79. The fraction of sp³-hybridized carbons (Fsp3) is 0.615. The quantitative estimate of drug-likeness (QED) is 0.196. The second kappa shape index (κ2) is 16.4. The van der Waals surface area contributed by atoms with Gasteiger partial charge in [0.2, 0.25) is 11.8 Å². The van der Waals surface area contributed by atoms with Crippen LogP contribution < -0.4 is 20.9 Å². The zero-order chi connectivity index (χ0) is 38.4. The molecule has 3 N–H and O–H groups in total. The van der Waals surface area contributed by atoms with Crippen molar-refractivity contribution < 1.29 is 33.4 Å². The van der Waals surface area contributed by atoms with Gasteiger partial charge in [0.15, 0.2) is 0 Å². The normalized spacial score (nSPS) is 23.5. The first-order chi connectivity index (χ1) is 24.4. The smallest absolute Gasteiger partial charge is 0.408 e. The lowest BCUT2D eigenvalue weighted by atomic mass is 9.85. The predicted molar refractivity (Wildman–Crippen MR) is 201 cm³/mol. The van der Waals surface area contributed by atoms with Gasteiger partial charge >= 0.3 is 18.1 Å². The van der Waals surface area contributed by atoms with Crippen molar-refractivity contribution in [2.75, 3.05) is 43.0 Å². The fourth-order valence-electron chi connectivity index (χ4n) is 7.05. The van der Waals surface area contributed by atoms with Gasteiger partial charge < -0.3 is 40.1 Å². The number of esters is 1. The summed E-state index contributed by atoms with van der Waals surface area (Å²) in [4.78, 5) is 74.3. The van der Waals surface area contributed by atoms with E-state index in [1.165, 1.54) is 11.3 Å². The molecule has 1 aliphatic carbocycles. The molecular weight excluding hydrogens is 664 g/mol. The maximum Gasteiger partial charge on any atom is 0.408 e. The Morgan fingerprint density at radius 1 is 1.04 bits per heavy atom. The number of anilines is 2. The number of hydrogen-bond donors (Lipinski definition) is 3. The van der Waals surface area contributed by atoms with Gasteiger partial charge in [0, 0.05) is 32.1 Å². The van der Waals surface area contributed by atoms with E-state index >= 15 is 0 Å². The number of nitrogens with one attached hydrogen (secondary N) is 3. The molecule has 2 aliphatic heterocycles. The summed E-state index contributed by atoms with van der Waals surface area (Å²) in [5.74, 6) is -1.99. The van der Waals surface area contributed by atoms with Crippen molar-refractivity contribution in [3.63, 3.8) is 0 Å². The first-order valence-corrected chi connectivity index (χ1v) is 18.4. The minimum atomic E-state index is -1.30. The fourth-order valence-corrected chi connectivity index (χ4v) is 7.05. The minimum absolute atomic E-state index is 0.00811. The molecule has 3 aliphatic rings. The molecule has 5 amide bonds. The van der Waals surface area contributed by atoms with Gasteiger partial charge in [-0.15, -0.1) is 13.2 Å². The SMILES string of the molecule is C=CCN(C(=O)Nc1ccccc1N1CCCCC1)[C@@H]1C[C@@H](C(=O)NC2(C(=O)OCC)CC2C=C)N(C(=O)[C@@H](NC(=O)OC(C)(C)C)C(C)(C)C)C1. The highest BCUT2D eigenvalue weighted by Gasteiger charge is 2.62. The van der Waals surface area contributed by atoms with Crippen LogP contribution in [0.3, 0.4) is 0 Å². The lowest BCUT2D eigenvalue weighted by Gasteiger charge is -2.36. The van der Waals surface area contributed by atoms with E-state index in [1.807, 2.05) is 24.3 Å². The van der Waals surface area contributed by atoms with Crippen LogP contribution in [-0.4, -0.2) is 102 Å². The van der Waals surface area contributed by atoms with Gasteiger partial charge in [-0.1, -0.05) is 45.1 Å². The Morgan fingerprint density at radius 2 is 1.71 bits per heavy atom.